The molecule has 6 rings (SSSR count). The summed E-state index contributed by atoms with van der Waals surface area (Å²) in [5.74, 6) is -0.839. The summed E-state index contributed by atoms with van der Waals surface area (Å²) in [7, 11) is 0. The average Bonchev–Trinajstić information content (AvgIpc) is 3.24. The van der Waals surface area contributed by atoms with Gasteiger partial charge in [0.25, 0.3) is 0 Å². The fourth-order valence-corrected chi connectivity index (χ4v) is 4.28. The van der Waals surface area contributed by atoms with Crippen LogP contribution in [-0.2, 0) is 4.79 Å². The number of amides is 3. The summed E-state index contributed by atoms with van der Waals surface area (Å²) in [4.78, 5) is 28.1. The number of carbonyl (C=O) groups is 2. The van der Waals surface area contributed by atoms with Crippen molar-refractivity contribution < 1.29 is 27.8 Å². The second kappa shape index (κ2) is 6.13. The molecular formula is C20H15F2N5O4. The molecule has 1 saturated heterocycles. The number of hydrogen-bond acceptors (Lipinski definition) is 6. The largest absolute Gasteiger partial charge is 0.586 e. The minimum Gasteiger partial charge on any atom is -0.395 e. The van der Waals surface area contributed by atoms with Gasteiger partial charge in [0.05, 0.1) is 11.6 Å². The van der Waals surface area contributed by atoms with Crippen molar-refractivity contribution in [2.45, 2.75) is 30.5 Å². The number of nitrogens with zero attached hydrogens (tertiary/aromatic N) is 3. The summed E-state index contributed by atoms with van der Waals surface area (Å²) in [6.07, 6.45) is 0.456. The van der Waals surface area contributed by atoms with Gasteiger partial charge in [-0.25, -0.2) is 14.3 Å². The number of urea groups is 1. The fraction of sp³-hybridized carbons (Fsp3) is 0.300. The van der Waals surface area contributed by atoms with E-state index in [4.69, 9.17) is 0 Å². The highest BCUT2D eigenvalue weighted by molar-refractivity contribution is 6.00. The van der Waals surface area contributed by atoms with E-state index >= 15 is 0 Å². The first-order valence-corrected chi connectivity index (χ1v) is 9.70. The number of ether oxygens (including phenoxy) is 2. The van der Waals surface area contributed by atoms with Crippen molar-refractivity contribution in [3.8, 4) is 11.5 Å². The van der Waals surface area contributed by atoms with Crippen LogP contribution in [-0.4, -0.2) is 39.4 Å². The van der Waals surface area contributed by atoms with Gasteiger partial charge >= 0.3 is 12.3 Å². The molecule has 2 N–H and O–H groups in total. The third-order valence-corrected chi connectivity index (χ3v) is 5.83. The summed E-state index contributed by atoms with van der Waals surface area (Å²) in [5, 5.41) is 9.36. The van der Waals surface area contributed by atoms with E-state index < -0.39 is 24.2 Å². The fourth-order valence-electron chi connectivity index (χ4n) is 4.28. The number of hydrogen-bond donors (Lipinski definition) is 2. The monoisotopic (exact) mass is 427 g/mol. The van der Waals surface area contributed by atoms with Crippen LogP contribution in [0.4, 0.5) is 13.6 Å². The minimum atomic E-state index is -3.65. The van der Waals surface area contributed by atoms with Crippen LogP contribution in [0, 0.1) is 0 Å². The third-order valence-electron chi connectivity index (χ3n) is 5.83. The molecule has 31 heavy (non-hydrogen) atoms. The van der Waals surface area contributed by atoms with Crippen LogP contribution in [0.2, 0.25) is 0 Å². The minimum absolute atomic E-state index is 0.0122. The van der Waals surface area contributed by atoms with Crippen LogP contribution in [0.3, 0.4) is 0 Å². The normalized spacial score (nSPS) is 25.9. The van der Waals surface area contributed by atoms with E-state index in [-0.39, 0.29) is 29.9 Å². The molecule has 158 valence electrons. The van der Waals surface area contributed by atoms with Crippen molar-refractivity contribution in [2.24, 2.45) is 0 Å². The number of carbonyl (C=O) groups excluding carboxylic acids is 2. The Balaban J connectivity index is 1.33. The molecule has 1 unspecified atom stereocenters. The Hall–Kier alpha value is -3.76. The molecule has 1 aliphatic carbocycles. The Morgan fingerprint density at radius 1 is 1.13 bits per heavy atom. The van der Waals surface area contributed by atoms with Crippen molar-refractivity contribution in [1.29, 1.82) is 0 Å². The standard InChI is InChI=1S/C20H15F2N5O4/c21-20(22)30-15-2-1-9(5-16(15)31-20)10-6-11(10)12-7-14(26-27-4-3-23-17(12)27)13-8-24-19(29)25-18(13)28/h1-5,7,10-11,13H,6,8H2,(H2,24,25,28,29)/t10-,11+,13?/m0/s1. The number of benzene rings is 1. The number of imide groups is 1. The second-order valence-corrected chi connectivity index (χ2v) is 7.79. The van der Waals surface area contributed by atoms with Gasteiger partial charge in [-0.3, -0.25) is 10.1 Å². The number of alkyl halides is 2. The highest BCUT2D eigenvalue weighted by Crippen LogP contribution is 2.57. The summed E-state index contributed by atoms with van der Waals surface area (Å²) >= 11 is 0. The van der Waals surface area contributed by atoms with Crippen molar-refractivity contribution in [3.63, 3.8) is 0 Å². The molecule has 3 atom stereocenters. The highest BCUT2D eigenvalue weighted by Gasteiger charge is 2.46. The molecule has 1 aromatic carbocycles. The molecule has 3 aliphatic rings. The molecule has 3 aromatic rings. The van der Waals surface area contributed by atoms with E-state index in [1.807, 2.05) is 6.07 Å². The first-order valence-electron chi connectivity index (χ1n) is 9.70. The molecule has 9 nitrogen and oxygen atoms in total. The van der Waals surface area contributed by atoms with Crippen LogP contribution in [0.5, 0.6) is 11.5 Å². The number of halogens is 2. The van der Waals surface area contributed by atoms with Crippen molar-refractivity contribution >= 4 is 17.6 Å². The van der Waals surface area contributed by atoms with Gasteiger partial charge in [0.15, 0.2) is 17.1 Å². The van der Waals surface area contributed by atoms with Gasteiger partial charge in [-0.2, -0.15) is 5.10 Å². The quantitative estimate of drug-likeness (QED) is 0.664. The predicted octanol–water partition coefficient (Wildman–Crippen LogP) is 2.24. The molecule has 0 bridgehead atoms. The lowest BCUT2D eigenvalue weighted by Gasteiger charge is -2.22. The molecule has 3 amide bonds. The molecule has 1 saturated carbocycles. The van der Waals surface area contributed by atoms with Gasteiger partial charge in [-0.15, -0.1) is 8.78 Å². The number of fused-ring (bicyclic) bond motifs is 2. The van der Waals surface area contributed by atoms with Crippen LogP contribution in [0.15, 0.2) is 36.7 Å². The SMILES string of the molecule is O=C1NCC(c2cc([C@@H]3C[C@H]3c3ccc4c(c3)OC(F)(F)O4)c3nccn3n2)C(=O)N1. The van der Waals surface area contributed by atoms with Gasteiger partial charge in [0, 0.05) is 24.5 Å². The molecular weight excluding hydrogens is 412 g/mol. The predicted molar refractivity (Wildman–Crippen MR) is 100 cm³/mol. The third kappa shape index (κ3) is 2.95. The maximum Gasteiger partial charge on any atom is 0.586 e. The zero-order chi connectivity index (χ0) is 21.3. The topological polar surface area (TPSA) is 107 Å². The van der Waals surface area contributed by atoms with E-state index in [1.54, 1.807) is 29.0 Å². The van der Waals surface area contributed by atoms with Crippen LogP contribution < -0.4 is 20.1 Å². The lowest BCUT2D eigenvalue weighted by atomic mass is 9.99. The van der Waals surface area contributed by atoms with Crippen molar-refractivity contribution in [2.75, 3.05) is 6.54 Å². The second-order valence-electron chi connectivity index (χ2n) is 7.79. The number of rotatable bonds is 3. The summed E-state index contributed by atoms with van der Waals surface area (Å²) < 4.78 is 37.3. The Kier molecular flexibility index (Phi) is 3.57. The first kappa shape index (κ1) is 18.0. The van der Waals surface area contributed by atoms with Gasteiger partial charge < -0.3 is 14.8 Å². The van der Waals surface area contributed by atoms with Crippen LogP contribution >= 0.6 is 0 Å². The van der Waals surface area contributed by atoms with Gasteiger partial charge in [0.2, 0.25) is 5.91 Å². The number of aromatic nitrogens is 3. The van der Waals surface area contributed by atoms with E-state index in [0.717, 1.165) is 17.5 Å². The Morgan fingerprint density at radius 2 is 1.97 bits per heavy atom. The molecule has 0 spiro atoms. The smallest absolute Gasteiger partial charge is 0.395 e. The molecule has 2 aliphatic heterocycles. The van der Waals surface area contributed by atoms with E-state index in [9.17, 15) is 18.4 Å². The van der Waals surface area contributed by atoms with E-state index in [1.165, 1.54) is 6.07 Å². The summed E-state index contributed by atoms with van der Waals surface area (Å²) in [5.41, 5.74) is 2.96. The zero-order valence-corrected chi connectivity index (χ0v) is 15.8. The van der Waals surface area contributed by atoms with Crippen molar-refractivity contribution in [1.82, 2.24) is 25.2 Å². The summed E-state index contributed by atoms with van der Waals surface area (Å²) in [6.45, 7) is 0.155. The number of nitrogens with one attached hydrogen (secondary N) is 2. The lowest BCUT2D eigenvalue weighted by Crippen LogP contribution is -2.51. The zero-order valence-electron chi connectivity index (χ0n) is 15.8. The Morgan fingerprint density at radius 3 is 2.81 bits per heavy atom. The Bertz CT molecular complexity index is 1260. The lowest BCUT2D eigenvalue weighted by molar-refractivity contribution is -0.286. The Labute approximate surface area is 173 Å². The van der Waals surface area contributed by atoms with Crippen LogP contribution in [0.25, 0.3) is 5.65 Å². The maximum atomic E-state index is 13.3. The van der Waals surface area contributed by atoms with E-state index in [2.05, 4.69) is 30.2 Å². The molecule has 0 radical (unpaired) electrons. The average molecular weight is 427 g/mol. The molecule has 11 heteroatoms. The van der Waals surface area contributed by atoms with Gasteiger partial charge in [-0.05, 0) is 42.0 Å². The highest BCUT2D eigenvalue weighted by atomic mass is 19.3. The van der Waals surface area contributed by atoms with Crippen LogP contribution in [0.1, 0.15) is 41.0 Å². The molecule has 2 fully saturated rings. The first-order chi connectivity index (χ1) is 14.9. The maximum absolute atomic E-state index is 13.3. The van der Waals surface area contributed by atoms with E-state index in [0.29, 0.717) is 11.3 Å². The van der Waals surface area contributed by atoms with Crippen molar-refractivity contribution in [3.05, 3.63) is 53.5 Å². The summed E-state index contributed by atoms with van der Waals surface area (Å²) in [6, 6.07) is 6.13. The molecule has 2 aromatic heterocycles. The van der Waals surface area contributed by atoms with Gasteiger partial charge in [-0.1, -0.05) is 6.07 Å². The van der Waals surface area contributed by atoms with Gasteiger partial charge in [0.1, 0.15) is 0 Å². The molecule has 4 heterocycles. The number of imidazole rings is 1.